The second-order valence-electron chi connectivity index (χ2n) is 6.50. The molecule has 7 heteroatoms. The first kappa shape index (κ1) is 18.1. The standard InChI is InChI=1S/C19H24FN5O/c20-16-7-5-15(6-8-16)3-1-4-19(26)25-10-2-9-24(11-12-25)18-13-17(21)22-14-23-18/h5-8,13-14H,1-4,9-12H2,(H2,21,22,23). The summed E-state index contributed by atoms with van der Waals surface area (Å²) in [7, 11) is 0. The Morgan fingerprint density at radius 2 is 1.92 bits per heavy atom. The Morgan fingerprint density at radius 1 is 1.12 bits per heavy atom. The molecule has 1 fully saturated rings. The predicted octanol–water partition coefficient (Wildman–Crippen LogP) is 2.26. The first-order valence-corrected chi connectivity index (χ1v) is 8.96. The number of nitrogens with two attached hydrogens (primary N) is 1. The average molecular weight is 357 g/mol. The molecule has 6 nitrogen and oxygen atoms in total. The van der Waals surface area contributed by atoms with Crippen molar-refractivity contribution >= 4 is 17.5 Å². The van der Waals surface area contributed by atoms with Gasteiger partial charge >= 0.3 is 0 Å². The molecule has 138 valence electrons. The number of hydrogen-bond donors (Lipinski definition) is 1. The maximum Gasteiger partial charge on any atom is 0.222 e. The normalized spacial score (nSPS) is 15.0. The van der Waals surface area contributed by atoms with Crippen molar-refractivity contribution in [1.82, 2.24) is 14.9 Å². The van der Waals surface area contributed by atoms with Crippen molar-refractivity contribution in [1.29, 1.82) is 0 Å². The summed E-state index contributed by atoms with van der Waals surface area (Å²) in [6.45, 7) is 3.02. The van der Waals surface area contributed by atoms with Crippen LogP contribution in [0.2, 0.25) is 0 Å². The van der Waals surface area contributed by atoms with Crippen LogP contribution in [0.3, 0.4) is 0 Å². The second kappa shape index (κ2) is 8.60. The number of amides is 1. The van der Waals surface area contributed by atoms with Crippen molar-refractivity contribution in [2.75, 3.05) is 36.8 Å². The molecule has 1 aromatic heterocycles. The van der Waals surface area contributed by atoms with E-state index in [0.29, 0.717) is 18.8 Å². The van der Waals surface area contributed by atoms with Crippen LogP contribution in [0.4, 0.5) is 16.0 Å². The minimum absolute atomic E-state index is 0.177. The number of hydrogen-bond acceptors (Lipinski definition) is 5. The van der Waals surface area contributed by atoms with Gasteiger partial charge in [-0.15, -0.1) is 0 Å². The first-order chi connectivity index (χ1) is 12.6. The fourth-order valence-electron chi connectivity index (χ4n) is 3.18. The third-order valence-electron chi connectivity index (χ3n) is 4.62. The van der Waals surface area contributed by atoms with Gasteiger partial charge in [-0.25, -0.2) is 14.4 Å². The van der Waals surface area contributed by atoms with Gasteiger partial charge in [0.05, 0.1) is 0 Å². The molecule has 0 spiro atoms. The van der Waals surface area contributed by atoms with E-state index in [9.17, 15) is 9.18 Å². The molecule has 1 saturated heterocycles. The number of halogens is 1. The van der Waals surface area contributed by atoms with Gasteiger partial charge in [-0.3, -0.25) is 4.79 Å². The van der Waals surface area contributed by atoms with Gasteiger partial charge in [-0.1, -0.05) is 12.1 Å². The first-order valence-electron chi connectivity index (χ1n) is 8.96. The molecule has 0 bridgehead atoms. The maximum absolute atomic E-state index is 12.9. The van der Waals surface area contributed by atoms with Crippen LogP contribution in [-0.4, -0.2) is 47.0 Å². The number of anilines is 2. The van der Waals surface area contributed by atoms with Crippen LogP contribution in [0, 0.1) is 5.82 Å². The number of nitrogen functional groups attached to an aromatic ring is 1. The summed E-state index contributed by atoms with van der Waals surface area (Å²) in [6.07, 6.45) is 4.43. The molecule has 2 aromatic rings. The zero-order chi connectivity index (χ0) is 18.4. The van der Waals surface area contributed by atoms with Crippen LogP contribution in [-0.2, 0) is 11.2 Å². The van der Waals surface area contributed by atoms with Gasteiger partial charge in [0, 0.05) is 38.7 Å². The summed E-state index contributed by atoms with van der Waals surface area (Å²) in [5.74, 6) is 1.21. The highest BCUT2D eigenvalue weighted by Crippen LogP contribution is 2.16. The van der Waals surface area contributed by atoms with Crippen LogP contribution in [0.5, 0.6) is 0 Å². The zero-order valence-corrected chi connectivity index (χ0v) is 14.8. The minimum Gasteiger partial charge on any atom is -0.384 e. The molecule has 0 atom stereocenters. The van der Waals surface area contributed by atoms with E-state index < -0.39 is 0 Å². The van der Waals surface area contributed by atoms with Crippen LogP contribution >= 0.6 is 0 Å². The van der Waals surface area contributed by atoms with Gasteiger partial charge in [-0.2, -0.15) is 0 Å². The molecule has 1 aliphatic rings. The monoisotopic (exact) mass is 357 g/mol. The molecule has 0 saturated carbocycles. The van der Waals surface area contributed by atoms with Gasteiger partial charge in [0.25, 0.3) is 0 Å². The van der Waals surface area contributed by atoms with Crippen molar-refractivity contribution in [3.05, 3.63) is 48.0 Å². The van der Waals surface area contributed by atoms with E-state index in [4.69, 9.17) is 5.73 Å². The quantitative estimate of drug-likeness (QED) is 0.888. The van der Waals surface area contributed by atoms with E-state index in [-0.39, 0.29) is 11.7 Å². The summed E-state index contributed by atoms with van der Waals surface area (Å²) in [6, 6.07) is 8.23. The average Bonchev–Trinajstić information content (AvgIpc) is 2.89. The van der Waals surface area contributed by atoms with Crippen LogP contribution in [0.1, 0.15) is 24.8 Å². The SMILES string of the molecule is Nc1cc(N2CCCN(C(=O)CCCc3ccc(F)cc3)CC2)ncn1. The summed E-state index contributed by atoms with van der Waals surface area (Å²) in [5.41, 5.74) is 6.79. The van der Waals surface area contributed by atoms with Gasteiger partial charge in [-0.05, 0) is 37.0 Å². The summed E-state index contributed by atoms with van der Waals surface area (Å²) in [5, 5.41) is 0. The number of carbonyl (C=O) groups is 1. The Balaban J connectivity index is 1.47. The Bertz CT molecular complexity index is 737. The molecule has 0 unspecified atom stereocenters. The second-order valence-corrected chi connectivity index (χ2v) is 6.50. The van der Waals surface area contributed by atoms with E-state index in [2.05, 4.69) is 14.9 Å². The highest BCUT2D eigenvalue weighted by Gasteiger charge is 2.19. The van der Waals surface area contributed by atoms with Crippen LogP contribution in [0.15, 0.2) is 36.7 Å². The van der Waals surface area contributed by atoms with Crippen molar-refractivity contribution in [2.45, 2.75) is 25.7 Å². The smallest absolute Gasteiger partial charge is 0.222 e. The van der Waals surface area contributed by atoms with Crippen molar-refractivity contribution < 1.29 is 9.18 Å². The predicted molar refractivity (Wildman–Crippen MR) is 99.2 cm³/mol. The van der Waals surface area contributed by atoms with Gasteiger partial charge in [0.15, 0.2) is 0 Å². The number of aryl methyl sites for hydroxylation is 1. The van der Waals surface area contributed by atoms with E-state index in [1.54, 1.807) is 18.2 Å². The molecule has 2 heterocycles. The lowest BCUT2D eigenvalue weighted by Crippen LogP contribution is -2.35. The topological polar surface area (TPSA) is 75.3 Å². The van der Waals surface area contributed by atoms with Gasteiger partial charge in [0.2, 0.25) is 5.91 Å². The Morgan fingerprint density at radius 3 is 2.69 bits per heavy atom. The molecule has 26 heavy (non-hydrogen) atoms. The lowest BCUT2D eigenvalue weighted by atomic mass is 10.1. The largest absolute Gasteiger partial charge is 0.384 e. The maximum atomic E-state index is 12.9. The van der Waals surface area contributed by atoms with E-state index in [1.807, 2.05) is 4.90 Å². The van der Waals surface area contributed by atoms with Gasteiger partial charge < -0.3 is 15.5 Å². The Hall–Kier alpha value is -2.70. The Labute approximate surface area is 152 Å². The molecule has 1 amide bonds. The van der Waals surface area contributed by atoms with Crippen molar-refractivity contribution in [3.8, 4) is 0 Å². The number of aromatic nitrogens is 2. The van der Waals surface area contributed by atoms with Crippen LogP contribution < -0.4 is 10.6 Å². The zero-order valence-electron chi connectivity index (χ0n) is 14.8. The molecule has 1 aromatic carbocycles. The van der Waals surface area contributed by atoms with Crippen molar-refractivity contribution in [3.63, 3.8) is 0 Å². The molecule has 2 N–H and O–H groups in total. The third-order valence-corrected chi connectivity index (χ3v) is 4.62. The highest BCUT2D eigenvalue weighted by molar-refractivity contribution is 5.76. The fraction of sp³-hybridized carbons (Fsp3) is 0.421. The van der Waals surface area contributed by atoms with Crippen LogP contribution in [0.25, 0.3) is 0 Å². The number of nitrogens with zero attached hydrogens (tertiary/aromatic N) is 4. The summed E-state index contributed by atoms with van der Waals surface area (Å²) in [4.78, 5) is 24.8. The molecule has 0 aliphatic carbocycles. The molecular weight excluding hydrogens is 333 g/mol. The molecule has 3 rings (SSSR count). The molecule has 1 aliphatic heterocycles. The summed E-state index contributed by atoms with van der Waals surface area (Å²) >= 11 is 0. The highest BCUT2D eigenvalue weighted by atomic mass is 19.1. The third kappa shape index (κ3) is 4.91. The lowest BCUT2D eigenvalue weighted by Gasteiger charge is -2.23. The number of rotatable bonds is 5. The van der Waals surface area contributed by atoms with Gasteiger partial charge in [0.1, 0.15) is 23.8 Å². The van der Waals surface area contributed by atoms with E-state index >= 15 is 0 Å². The fourth-order valence-corrected chi connectivity index (χ4v) is 3.18. The lowest BCUT2D eigenvalue weighted by molar-refractivity contribution is -0.131. The molecular formula is C19H24FN5O. The minimum atomic E-state index is -0.232. The van der Waals surface area contributed by atoms with E-state index in [0.717, 1.165) is 50.3 Å². The van der Waals surface area contributed by atoms with E-state index in [1.165, 1.54) is 18.5 Å². The summed E-state index contributed by atoms with van der Waals surface area (Å²) < 4.78 is 12.9. The Kier molecular flexibility index (Phi) is 5.99. The molecule has 0 radical (unpaired) electrons. The number of carbonyl (C=O) groups excluding carboxylic acids is 1. The number of benzene rings is 1. The van der Waals surface area contributed by atoms with Crippen molar-refractivity contribution in [2.24, 2.45) is 0 Å².